The minimum atomic E-state index is -1.97. The Labute approximate surface area is 193 Å². The van der Waals surface area contributed by atoms with E-state index in [0.29, 0.717) is 22.5 Å². The summed E-state index contributed by atoms with van der Waals surface area (Å²) in [6.45, 7) is 1.56. The number of carbonyl (C=O) groups is 1. The molecule has 2 aliphatic heterocycles. The van der Waals surface area contributed by atoms with E-state index < -0.39 is 28.4 Å². The first-order chi connectivity index (χ1) is 16.3. The molecule has 4 heterocycles. The van der Waals surface area contributed by atoms with Crippen LogP contribution in [0.25, 0.3) is 22.2 Å². The second-order valence-corrected chi connectivity index (χ2v) is 9.45. The van der Waals surface area contributed by atoms with Gasteiger partial charge in [-0.1, -0.05) is 19.8 Å². The van der Waals surface area contributed by atoms with E-state index in [-0.39, 0.29) is 47.8 Å². The number of rotatable bonds is 2. The number of hydrogen-bond donors (Lipinski definition) is 2. The lowest BCUT2D eigenvalue weighted by Crippen LogP contribution is -2.44. The largest absolute Gasteiger partial charge is 0.458 e. The zero-order valence-electron chi connectivity index (χ0n) is 18.7. The molecular weight excluding hydrogens is 441 g/mol. The number of esters is 1. The lowest BCUT2D eigenvalue weighted by molar-refractivity contribution is -0.172. The molecule has 1 fully saturated rings. The second-order valence-electron chi connectivity index (χ2n) is 9.45. The molecule has 0 bridgehead atoms. The van der Waals surface area contributed by atoms with Crippen molar-refractivity contribution >= 4 is 22.6 Å². The van der Waals surface area contributed by atoms with Crippen molar-refractivity contribution in [1.82, 2.24) is 9.13 Å². The molecule has 176 valence electrons. The molecule has 3 N–H and O–H groups in total. The first-order valence-corrected chi connectivity index (χ1v) is 11.6. The molecule has 1 aliphatic carbocycles. The SMILES string of the molecule is CC[C@@]1(O)C(=O)OCc2c1cc1n(c2=O)Cc2c-1c(=O)c1cc(F)c(N)cc1n2C1CCCC1. The number of hydrogen-bond acceptors (Lipinski definition) is 6. The van der Waals surface area contributed by atoms with Crippen LogP contribution in [0.15, 0.2) is 27.8 Å². The summed E-state index contributed by atoms with van der Waals surface area (Å²) in [5.41, 5.74) is 5.31. The van der Waals surface area contributed by atoms with Gasteiger partial charge in [-0.05, 0) is 37.5 Å². The van der Waals surface area contributed by atoms with Crippen LogP contribution in [0, 0.1) is 5.82 Å². The van der Waals surface area contributed by atoms with Crippen LogP contribution in [-0.4, -0.2) is 20.2 Å². The number of carbonyl (C=O) groups excluding carboxylic acids is 1. The normalized spacial score (nSPS) is 21.4. The summed E-state index contributed by atoms with van der Waals surface area (Å²) in [6, 6.07) is 4.33. The average Bonchev–Trinajstić information content (AvgIpc) is 3.47. The molecule has 0 amide bonds. The van der Waals surface area contributed by atoms with Crippen LogP contribution in [-0.2, 0) is 28.3 Å². The molecule has 2 aromatic heterocycles. The maximum atomic E-state index is 14.5. The molecule has 0 spiro atoms. The van der Waals surface area contributed by atoms with Gasteiger partial charge in [0, 0.05) is 17.0 Å². The first-order valence-electron chi connectivity index (χ1n) is 11.6. The fourth-order valence-electron chi connectivity index (χ4n) is 5.90. The maximum absolute atomic E-state index is 14.5. The van der Waals surface area contributed by atoms with E-state index in [4.69, 9.17) is 10.5 Å². The molecular formula is C25H24FN3O5. The molecule has 0 unspecified atom stereocenters. The van der Waals surface area contributed by atoms with E-state index in [2.05, 4.69) is 0 Å². The van der Waals surface area contributed by atoms with Crippen molar-refractivity contribution in [3.05, 3.63) is 61.4 Å². The minimum Gasteiger partial charge on any atom is -0.458 e. The highest BCUT2D eigenvalue weighted by Crippen LogP contribution is 2.41. The number of nitrogens with zero attached hydrogens (tertiary/aromatic N) is 2. The van der Waals surface area contributed by atoms with Crippen molar-refractivity contribution in [1.29, 1.82) is 0 Å². The molecule has 3 aliphatic rings. The molecule has 8 nitrogen and oxygen atoms in total. The number of aromatic nitrogens is 2. The highest BCUT2D eigenvalue weighted by Gasteiger charge is 2.45. The van der Waals surface area contributed by atoms with Crippen molar-refractivity contribution in [3.63, 3.8) is 0 Å². The Balaban J connectivity index is 1.72. The highest BCUT2D eigenvalue weighted by atomic mass is 19.1. The molecule has 1 saturated carbocycles. The van der Waals surface area contributed by atoms with Crippen LogP contribution in [0.3, 0.4) is 0 Å². The number of anilines is 1. The summed E-state index contributed by atoms with van der Waals surface area (Å²) in [5.74, 6) is -1.49. The number of nitrogens with two attached hydrogens (primary N) is 1. The van der Waals surface area contributed by atoms with Crippen molar-refractivity contribution in [3.8, 4) is 11.3 Å². The number of aliphatic hydroxyl groups is 1. The van der Waals surface area contributed by atoms with E-state index >= 15 is 0 Å². The van der Waals surface area contributed by atoms with E-state index in [0.717, 1.165) is 31.7 Å². The Bertz CT molecular complexity index is 1530. The Morgan fingerprint density at radius 1 is 1.21 bits per heavy atom. The van der Waals surface area contributed by atoms with Gasteiger partial charge in [-0.15, -0.1) is 0 Å². The van der Waals surface area contributed by atoms with Gasteiger partial charge >= 0.3 is 5.97 Å². The standard InChI is InChI=1S/C25H24FN3O5/c1-2-25(33)15-8-19-21-20(10-28(19)23(31)14(15)11-34-24(25)32)29(12-5-3-4-6-12)18-9-17(27)16(26)7-13(18)22(21)30/h7-9,12,33H,2-6,10-11,27H2,1H3/t25-/m0/s1. The maximum Gasteiger partial charge on any atom is 0.343 e. The Hall–Kier alpha value is -3.46. The minimum absolute atomic E-state index is 0.0170. The summed E-state index contributed by atoms with van der Waals surface area (Å²) in [4.78, 5) is 39.6. The number of nitrogen functional groups attached to an aromatic ring is 1. The zero-order chi connectivity index (χ0) is 23.9. The summed E-state index contributed by atoms with van der Waals surface area (Å²) in [5, 5.41) is 11.3. The van der Waals surface area contributed by atoms with Crippen LogP contribution >= 0.6 is 0 Å². The number of halogens is 1. The van der Waals surface area contributed by atoms with Crippen molar-refractivity contribution in [2.24, 2.45) is 0 Å². The lowest BCUT2D eigenvalue weighted by Gasteiger charge is -2.31. The molecule has 6 rings (SSSR count). The van der Waals surface area contributed by atoms with Gasteiger partial charge in [-0.2, -0.15) is 0 Å². The van der Waals surface area contributed by atoms with E-state index in [9.17, 15) is 23.9 Å². The molecule has 0 saturated heterocycles. The summed E-state index contributed by atoms with van der Waals surface area (Å²) in [6.07, 6.45) is 3.90. The fourth-order valence-corrected chi connectivity index (χ4v) is 5.90. The van der Waals surface area contributed by atoms with Crippen molar-refractivity contribution in [2.75, 3.05) is 5.73 Å². The molecule has 9 heteroatoms. The van der Waals surface area contributed by atoms with Gasteiger partial charge in [0.2, 0.25) is 0 Å². The van der Waals surface area contributed by atoms with Gasteiger partial charge in [-0.3, -0.25) is 9.59 Å². The molecule has 0 radical (unpaired) electrons. The molecule has 1 aromatic carbocycles. The Morgan fingerprint density at radius 2 is 1.94 bits per heavy atom. The first kappa shape index (κ1) is 21.1. The number of cyclic esters (lactones) is 1. The van der Waals surface area contributed by atoms with Gasteiger partial charge in [0.1, 0.15) is 12.4 Å². The topological polar surface area (TPSA) is 117 Å². The number of pyridine rings is 2. The quantitative estimate of drug-likeness (QED) is 0.347. The summed E-state index contributed by atoms with van der Waals surface area (Å²) >= 11 is 0. The third-order valence-corrected chi connectivity index (χ3v) is 7.72. The van der Waals surface area contributed by atoms with Gasteiger partial charge in [0.15, 0.2) is 11.0 Å². The molecule has 1 atom stereocenters. The number of ether oxygens (including phenoxy) is 1. The van der Waals surface area contributed by atoms with E-state index in [1.165, 1.54) is 10.6 Å². The third-order valence-electron chi connectivity index (χ3n) is 7.72. The molecule has 34 heavy (non-hydrogen) atoms. The van der Waals surface area contributed by atoms with E-state index in [1.54, 1.807) is 13.0 Å². The highest BCUT2D eigenvalue weighted by molar-refractivity contribution is 5.89. The lowest BCUT2D eigenvalue weighted by atomic mass is 9.85. The third kappa shape index (κ3) is 2.58. The summed E-state index contributed by atoms with van der Waals surface area (Å²) in [7, 11) is 0. The smallest absolute Gasteiger partial charge is 0.343 e. The number of fused-ring (bicyclic) bond motifs is 5. The van der Waals surface area contributed by atoms with Gasteiger partial charge in [0.05, 0.1) is 40.3 Å². The Morgan fingerprint density at radius 3 is 2.65 bits per heavy atom. The van der Waals surface area contributed by atoms with E-state index in [1.807, 2.05) is 4.57 Å². The number of benzene rings is 1. The molecule has 3 aromatic rings. The van der Waals surface area contributed by atoms with Crippen molar-refractivity contribution in [2.45, 2.75) is 63.8 Å². The monoisotopic (exact) mass is 465 g/mol. The average molecular weight is 465 g/mol. The van der Waals surface area contributed by atoms with Gasteiger partial charge in [-0.25, -0.2) is 9.18 Å². The predicted octanol–water partition coefficient (Wildman–Crippen LogP) is 2.68. The second kappa shape index (κ2) is 7.02. The van der Waals surface area contributed by atoms with Crippen LogP contribution in [0.5, 0.6) is 0 Å². The van der Waals surface area contributed by atoms with Gasteiger partial charge < -0.3 is 24.7 Å². The van der Waals surface area contributed by atoms with Gasteiger partial charge in [0.25, 0.3) is 5.56 Å². The summed E-state index contributed by atoms with van der Waals surface area (Å²) < 4.78 is 23.1. The zero-order valence-corrected chi connectivity index (χ0v) is 18.7. The fraction of sp³-hybridized carbons (Fsp3) is 0.400. The van der Waals surface area contributed by atoms with Crippen LogP contribution < -0.4 is 16.7 Å². The van der Waals surface area contributed by atoms with Crippen LogP contribution in [0.4, 0.5) is 10.1 Å². The predicted molar refractivity (Wildman–Crippen MR) is 123 cm³/mol. The Kier molecular flexibility index (Phi) is 4.36. The van der Waals surface area contributed by atoms with Crippen LogP contribution in [0.1, 0.15) is 61.9 Å². The van der Waals surface area contributed by atoms with Crippen molar-refractivity contribution < 1.29 is 19.0 Å². The van der Waals surface area contributed by atoms with Crippen LogP contribution in [0.2, 0.25) is 0 Å².